The zero-order chi connectivity index (χ0) is 11.8. The van der Waals surface area contributed by atoms with Crippen molar-refractivity contribution in [2.45, 2.75) is 58.9 Å². The van der Waals surface area contributed by atoms with Crippen molar-refractivity contribution in [1.29, 1.82) is 0 Å². The van der Waals surface area contributed by atoms with Gasteiger partial charge in [0, 0.05) is 18.3 Å². The molecule has 1 aliphatic carbocycles. The smallest absolute Gasteiger partial charge is 0.00699 e. The van der Waals surface area contributed by atoms with Crippen molar-refractivity contribution in [1.82, 2.24) is 5.32 Å². The summed E-state index contributed by atoms with van der Waals surface area (Å²) in [5, 5.41) is 3.72. The van der Waals surface area contributed by atoms with Crippen LogP contribution in [0.15, 0.2) is 0 Å². The van der Waals surface area contributed by atoms with E-state index < -0.39 is 0 Å². The van der Waals surface area contributed by atoms with Gasteiger partial charge >= 0.3 is 0 Å². The molecule has 0 aromatic rings. The Hall–Kier alpha value is 0.310. The van der Waals surface area contributed by atoms with Crippen LogP contribution in [0.3, 0.4) is 0 Å². The molecule has 2 heteroatoms. The second kappa shape index (κ2) is 8.41. The van der Waals surface area contributed by atoms with Gasteiger partial charge in [0.1, 0.15) is 0 Å². The Kier molecular flexibility index (Phi) is 7.55. The summed E-state index contributed by atoms with van der Waals surface area (Å²) in [6.07, 6.45) is 7.05. The number of hydrogen-bond acceptors (Lipinski definition) is 2. The first kappa shape index (κ1) is 14.4. The fourth-order valence-corrected chi connectivity index (χ4v) is 3.48. The lowest BCUT2D eigenvalue weighted by Crippen LogP contribution is -2.34. The number of hydrogen-bond donors (Lipinski definition) is 1. The lowest BCUT2D eigenvalue weighted by Gasteiger charge is -2.27. The fraction of sp³-hybridized carbons (Fsp3) is 1.00. The summed E-state index contributed by atoms with van der Waals surface area (Å²) in [5.41, 5.74) is 0. The topological polar surface area (TPSA) is 12.0 Å². The summed E-state index contributed by atoms with van der Waals surface area (Å²) in [7, 11) is 0. The Labute approximate surface area is 106 Å². The zero-order valence-corrected chi connectivity index (χ0v) is 12.1. The van der Waals surface area contributed by atoms with Crippen LogP contribution in [0.2, 0.25) is 0 Å². The predicted octanol–water partition coefficient (Wildman–Crippen LogP) is 3.93. The van der Waals surface area contributed by atoms with Gasteiger partial charge < -0.3 is 5.32 Å². The van der Waals surface area contributed by atoms with E-state index in [0.717, 1.165) is 17.9 Å². The molecule has 1 N–H and O–H groups in total. The molecule has 0 radical (unpaired) electrons. The van der Waals surface area contributed by atoms with Crippen molar-refractivity contribution in [3.63, 3.8) is 0 Å². The molecule has 1 fully saturated rings. The Balaban J connectivity index is 1.90. The molecule has 0 aromatic heterocycles. The van der Waals surface area contributed by atoms with E-state index in [4.69, 9.17) is 0 Å². The zero-order valence-electron chi connectivity index (χ0n) is 11.3. The fourth-order valence-electron chi connectivity index (χ4n) is 2.38. The van der Waals surface area contributed by atoms with Gasteiger partial charge in [-0.2, -0.15) is 11.8 Å². The number of thioether (sulfide) groups is 1. The third-order valence-corrected chi connectivity index (χ3v) is 4.47. The molecule has 1 aliphatic rings. The molecule has 0 heterocycles. The van der Waals surface area contributed by atoms with Gasteiger partial charge in [-0.1, -0.05) is 33.6 Å². The second-order valence-corrected chi connectivity index (χ2v) is 6.94. The molecule has 1 nitrogen and oxygen atoms in total. The Morgan fingerprint density at radius 3 is 2.75 bits per heavy atom. The van der Waals surface area contributed by atoms with Crippen molar-refractivity contribution in [3.8, 4) is 0 Å². The highest BCUT2D eigenvalue weighted by Gasteiger charge is 2.17. The minimum atomic E-state index is 0.814. The molecule has 96 valence electrons. The Bertz CT molecular complexity index is 170. The van der Waals surface area contributed by atoms with Crippen LogP contribution >= 0.6 is 11.8 Å². The SMILES string of the molecule is CC(C)CCSCCNC1CCCC(C)C1. The highest BCUT2D eigenvalue weighted by Crippen LogP contribution is 2.23. The molecule has 0 aromatic carbocycles. The van der Waals surface area contributed by atoms with Gasteiger partial charge in [-0.15, -0.1) is 0 Å². The van der Waals surface area contributed by atoms with Gasteiger partial charge in [-0.05, 0) is 36.9 Å². The minimum Gasteiger partial charge on any atom is -0.313 e. The van der Waals surface area contributed by atoms with Crippen LogP contribution in [0.4, 0.5) is 0 Å². The molecule has 1 rings (SSSR count). The van der Waals surface area contributed by atoms with E-state index >= 15 is 0 Å². The summed E-state index contributed by atoms with van der Waals surface area (Å²) in [5.74, 6) is 4.43. The van der Waals surface area contributed by atoms with E-state index in [0.29, 0.717) is 0 Å². The molecule has 2 unspecified atom stereocenters. The summed E-state index contributed by atoms with van der Waals surface area (Å²) < 4.78 is 0. The van der Waals surface area contributed by atoms with E-state index in [2.05, 4.69) is 37.8 Å². The molecule has 2 atom stereocenters. The summed E-state index contributed by atoms with van der Waals surface area (Å²) >= 11 is 2.11. The lowest BCUT2D eigenvalue weighted by molar-refractivity contribution is 0.306. The van der Waals surface area contributed by atoms with Crippen molar-refractivity contribution < 1.29 is 0 Å². The van der Waals surface area contributed by atoms with Crippen LogP contribution < -0.4 is 5.32 Å². The molecule has 1 saturated carbocycles. The van der Waals surface area contributed by atoms with Crippen LogP contribution in [-0.2, 0) is 0 Å². The van der Waals surface area contributed by atoms with Crippen LogP contribution in [0.5, 0.6) is 0 Å². The van der Waals surface area contributed by atoms with Gasteiger partial charge in [0.2, 0.25) is 0 Å². The molecule has 0 amide bonds. The number of nitrogens with one attached hydrogen (secondary N) is 1. The largest absolute Gasteiger partial charge is 0.313 e. The average Bonchev–Trinajstić information content (AvgIpc) is 2.23. The molecule has 0 aliphatic heterocycles. The quantitative estimate of drug-likeness (QED) is 0.680. The van der Waals surface area contributed by atoms with Crippen LogP contribution in [0.25, 0.3) is 0 Å². The molecule has 16 heavy (non-hydrogen) atoms. The van der Waals surface area contributed by atoms with Gasteiger partial charge in [0.05, 0.1) is 0 Å². The van der Waals surface area contributed by atoms with Crippen LogP contribution in [0, 0.1) is 11.8 Å². The van der Waals surface area contributed by atoms with Gasteiger partial charge in [0.15, 0.2) is 0 Å². The summed E-state index contributed by atoms with van der Waals surface area (Å²) in [6, 6.07) is 0.814. The van der Waals surface area contributed by atoms with Crippen molar-refractivity contribution in [3.05, 3.63) is 0 Å². The average molecular weight is 243 g/mol. The summed E-state index contributed by atoms with van der Waals surface area (Å²) in [4.78, 5) is 0. The Morgan fingerprint density at radius 1 is 1.25 bits per heavy atom. The van der Waals surface area contributed by atoms with E-state index in [9.17, 15) is 0 Å². The van der Waals surface area contributed by atoms with Crippen LogP contribution in [-0.4, -0.2) is 24.1 Å². The monoisotopic (exact) mass is 243 g/mol. The maximum absolute atomic E-state index is 3.72. The molecular weight excluding hydrogens is 214 g/mol. The lowest BCUT2D eigenvalue weighted by atomic mass is 9.87. The standard InChI is InChI=1S/C14H29NS/c1-12(2)7-9-16-10-8-15-14-6-4-5-13(3)11-14/h12-15H,4-11H2,1-3H3. The molecule has 0 saturated heterocycles. The Morgan fingerprint density at radius 2 is 2.06 bits per heavy atom. The van der Waals surface area contributed by atoms with Crippen molar-refractivity contribution in [2.24, 2.45) is 11.8 Å². The van der Waals surface area contributed by atoms with Crippen LogP contribution in [0.1, 0.15) is 52.9 Å². The van der Waals surface area contributed by atoms with Gasteiger partial charge in [0.25, 0.3) is 0 Å². The highest BCUT2D eigenvalue weighted by molar-refractivity contribution is 7.99. The third kappa shape index (κ3) is 6.80. The minimum absolute atomic E-state index is 0.814. The second-order valence-electron chi connectivity index (χ2n) is 5.72. The van der Waals surface area contributed by atoms with Crippen molar-refractivity contribution in [2.75, 3.05) is 18.1 Å². The maximum Gasteiger partial charge on any atom is 0.00699 e. The molecular formula is C14H29NS. The van der Waals surface area contributed by atoms with E-state index in [-0.39, 0.29) is 0 Å². The predicted molar refractivity (Wildman–Crippen MR) is 76.2 cm³/mol. The van der Waals surface area contributed by atoms with E-state index in [1.54, 1.807) is 0 Å². The normalized spacial score (nSPS) is 26.2. The first-order valence-corrected chi connectivity index (χ1v) is 8.15. The summed E-state index contributed by atoms with van der Waals surface area (Å²) in [6.45, 7) is 8.22. The maximum atomic E-state index is 3.72. The van der Waals surface area contributed by atoms with E-state index in [1.165, 1.54) is 50.2 Å². The van der Waals surface area contributed by atoms with Crippen molar-refractivity contribution >= 4 is 11.8 Å². The van der Waals surface area contributed by atoms with Gasteiger partial charge in [-0.25, -0.2) is 0 Å². The third-order valence-electron chi connectivity index (χ3n) is 3.46. The van der Waals surface area contributed by atoms with Gasteiger partial charge in [-0.3, -0.25) is 0 Å². The molecule has 0 bridgehead atoms. The van der Waals surface area contributed by atoms with E-state index in [1.807, 2.05) is 0 Å². The first-order chi connectivity index (χ1) is 7.68. The first-order valence-electron chi connectivity index (χ1n) is 6.99. The highest BCUT2D eigenvalue weighted by atomic mass is 32.2. The molecule has 0 spiro atoms. The number of rotatable bonds is 7.